The van der Waals surface area contributed by atoms with Gasteiger partial charge in [-0.25, -0.2) is 4.39 Å². The third kappa shape index (κ3) is 3.20. The summed E-state index contributed by atoms with van der Waals surface area (Å²) in [6.07, 6.45) is 0.0482. The van der Waals surface area contributed by atoms with E-state index in [2.05, 4.69) is 0 Å². The van der Waals surface area contributed by atoms with Gasteiger partial charge in [-0.15, -0.1) is 0 Å². The van der Waals surface area contributed by atoms with Crippen molar-refractivity contribution in [2.75, 3.05) is 17.7 Å². The molecule has 2 rings (SSSR count). The molecule has 0 spiro atoms. The topological polar surface area (TPSA) is 38.5 Å². The van der Waals surface area contributed by atoms with E-state index in [0.717, 1.165) is 11.4 Å². The third-order valence-electron chi connectivity index (χ3n) is 2.94. The molecule has 2 N–H and O–H groups in total. The molecule has 0 aliphatic carbocycles. The number of halogens is 1. The largest absolute Gasteiger partial charge is 0.489 e. The zero-order valence-corrected chi connectivity index (χ0v) is 11.9. The first-order valence-electron chi connectivity index (χ1n) is 6.53. The van der Waals surface area contributed by atoms with E-state index in [-0.39, 0.29) is 11.9 Å². The third-order valence-corrected chi connectivity index (χ3v) is 2.94. The number of rotatable bonds is 4. The van der Waals surface area contributed by atoms with Gasteiger partial charge < -0.3 is 15.4 Å². The summed E-state index contributed by atoms with van der Waals surface area (Å²) in [5.74, 6) is 0.379. The van der Waals surface area contributed by atoms with Crippen molar-refractivity contribution in [3.05, 3.63) is 48.3 Å². The van der Waals surface area contributed by atoms with E-state index >= 15 is 0 Å². The Hall–Kier alpha value is -2.23. The van der Waals surface area contributed by atoms with Crippen LogP contribution >= 0.6 is 0 Å². The van der Waals surface area contributed by atoms with E-state index < -0.39 is 0 Å². The molecule has 20 heavy (non-hydrogen) atoms. The fraction of sp³-hybridized carbons (Fsp3) is 0.250. The van der Waals surface area contributed by atoms with Crippen LogP contribution < -0.4 is 15.4 Å². The molecule has 0 saturated carbocycles. The highest BCUT2D eigenvalue weighted by atomic mass is 19.1. The molecule has 0 amide bonds. The van der Waals surface area contributed by atoms with Crippen LogP contribution in [0.1, 0.15) is 13.8 Å². The lowest BCUT2D eigenvalue weighted by atomic mass is 10.2. The zero-order valence-electron chi connectivity index (χ0n) is 11.9. The van der Waals surface area contributed by atoms with Gasteiger partial charge in [-0.3, -0.25) is 0 Å². The Labute approximate surface area is 118 Å². The molecule has 3 nitrogen and oxygen atoms in total. The van der Waals surface area contributed by atoms with E-state index in [9.17, 15) is 4.39 Å². The summed E-state index contributed by atoms with van der Waals surface area (Å²) in [4.78, 5) is 1.88. The highest BCUT2D eigenvalue weighted by Crippen LogP contribution is 2.31. The van der Waals surface area contributed by atoms with E-state index in [1.807, 2.05) is 44.0 Å². The summed E-state index contributed by atoms with van der Waals surface area (Å²) in [6, 6.07) is 12.0. The molecule has 0 aliphatic rings. The molecule has 0 heterocycles. The lowest BCUT2D eigenvalue weighted by Crippen LogP contribution is -2.12. The van der Waals surface area contributed by atoms with E-state index in [1.54, 1.807) is 12.1 Å². The molecule has 0 unspecified atom stereocenters. The average Bonchev–Trinajstić information content (AvgIpc) is 2.40. The van der Waals surface area contributed by atoms with Gasteiger partial charge in [-0.05, 0) is 44.2 Å². The first kappa shape index (κ1) is 14.2. The van der Waals surface area contributed by atoms with Crippen molar-refractivity contribution in [2.24, 2.45) is 0 Å². The minimum absolute atomic E-state index is 0.0482. The van der Waals surface area contributed by atoms with Gasteiger partial charge in [0.05, 0.1) is 11.8 Å². The highest BCUT2D eigenvalue weighted by molar-refractivity contribution is 5.68. The summed E-state index contributed by atoms with van der Waals surface area (Å²) >= 11 is 0. The number of nitrogens with zero attached hydrogens (tertiary/aromatic N) is 1. The van der Waals surface area contributed by atoms with Crippen molar-refractivity contribution in [1.29, 1.82) is 0 Å². The number of benzene rings is 2. The molecular formula is C16H19FN2O. The minimum atomic E-state index is -0.261. The van der Waals surface area contributed by atoms with Crippen LogP contribution in [-0.4, -0.2) is 13.2 Å². The predicted octanol–water partition coefficient (Wildman–Crippen LogP) is 3.96. The number of hydrogen-bond acceptors (Lipinski definition) is 3. The summed E-state index contributed by atoms with van der Waals surface area (Å²) in [5, 5.41) is 0. The number of nitrogen functional groups attached to an aromatic ring is 1. The van der Waals surface area contributed by atoms with Crippen LogP contribution in [0.25, 0.3) is 0 Å². The van der Waals surface area contributed by atoms with Gasteiger partial charge in [0.2, 0.25) is 0 Å². The van der Waals surface area contributed by atoms with Gasteiger partial charge in [0.1, 0.15) is 11.6 Å². The smallest absolute Gasteiger partial charge is 0.144 e. The maximum atomic E-state index is 13.3. The Morgan fingerprint density at radius 2 is 1.80 bits per heavy atom. The normalized spacial score (nSPS) is 10.7. The van der Waals surface area contributed by atoms with Crippen LogP contribution in [0.15, 0.2) is 42.5 Å². The number of ether oxygens (including phenoxy) is 1. The first-order chi connectivity index (χ1) is 9.47. The maximum Gasteiger partial charge on any atom is 0.144 e. The number of nitrogens with two attached hydrogens (primary N) is 1. The minimum Gasteiger partial charge on any atom is -0.489 e. The van der Waals surface area contributed by atoms with Crippen molar-refractivity contribution in [3.8, 4) is 5.75 Å². The molecule has 0 radical (unpaired) electrons. The Morgan fingerprint density at radius 3 is 2.45 bits per heavy atom. The van der Waals surface area contributed by atoms with Gasteiger partial charge in [0.25, 0.3) is 0 Å². The molecule has 0 aromatic heterocycles. The molecule has 2 aromatic rings. The fourth-order valence-electron chi connectivity index (χ4n) is 1.92. The lowest BCUT2D eigenvalue weighted by Gasteiger charge is -2.21. The Morgan fingerprint density at radius 1 is 1.10 bits per heavy atom. The van der Waals surface area contributed by atoms with Crippen LogP contribution in [0.5, 0.6) is 5.75 Å². The SMILES string of the molecule is CC(C)Oc1cc(N(C)c2cccc(F)c2)ccc1N. The Balaban J connectivity index is 2.32. The summed E-state index contributed by atoms with van der Waals surface area (Å²) in [5.41, 5.74) is 8.15. The molecule has 0 atom stereocenters. The first-order valence-corrected chi connectivity index (χ1v) is 6.53. The van der Waals surface area contributed by atoms with Gasteiger partial charge >= 0.3 is 0 Å². The van der Waals surface area contributed by atoms with E-state index in [1.165, 1.54) is 12.1 Å². The molecule has 0 aliphatic heterocycles. The Kier molecular flexibility index (Phi) is 4.13. The van der Waals surface area contributed by atoms with Gasteiger partial charge in [-0.2, -0.15) is 0 Å². The van der Waals surface area contributed by atoms with E-state index in [0.29, 0.717) is 11.4 Å². The number of anilines is 3. The molecule has 0 bridgehead atoms. The molecule has 106 valence electrons. The predicted molar refractivity (Wildman–Crippen MR) is 81.1 cm³/mol. The zero-order chi connectivity index (χ0) is 14.7. The molecule has 4 heteroatoms. The van der Waals surface area contributed by atoms with Crippen molar-refractivity contribution in [1.82, 2.24) is 0 Å². The standard InChI is InChI=1S/C16H19FN2O/c1-11(2)20-16-10-14(7-8-15(16)18)19(3)13-6-4-5-12(17)9-13/h4-11H,18H2,1-3H3. The molecule has 2 aromatic carbocycles. The van der Waals surface area contributed by atoms with Crippen molar-refractivity contribution in [2.45, 2.75) is 20.0 Å². The maximum absolute atomic E-state index is 13.3. The van der Waals surface area contributed by atoms with Crippen LogP contribution in [0.4, 0.5) is 21.5 Å². The number of hydrogen-bond donors (Lipinski definition) is 1. The van der Waals surface area contributed by atoms with Crippen molar-refractivity contribution < 1.29 is 9.13 Å². The van der Waals surface area contributed by atoms with Gasteiger partial charge in [-0.1, -0.05) is 6.07 Å². The second-order valence-corrected chi connectivity index (χ2v) is 4.93. The molecule has 0 fully saturated rings. The van der Waals surface area contributed by atoms with E-state index in [4.69, 9.17) is 10.5 Å². The fourth-order valence-corrected chi connectivity index (χ4v) is 1.92. The monoisotopic (exact) mass is 274 g/mol. The average molecular weight is 274 g/mol. The summed E-state index contributed by atoms with van der Waals surface area (Å²) in [6.45, 7) is 3.89. The Bertz CT molecular complexity index is 599. The second kappa shape index (κ2) is 5.82. The van der Waals surface area contributed by atoms with Crippen molar-refractivity contribution in [3.63, 3.8) is 0 Å². The quantitative estimate of drug-likeness (QED) is 0.857. The molecule has 0 saturated heterocycles. The van der Waals surface area contributed by atoms with Crippen LogP contribution in [0, 0.1) is 5.82 Å². The molecular weight excluding hydrogens is 255 g/mol. The summed E-state index contributed by atoms with van der Waals surface area (Å²) in [7, 11) is 1.87. The highest BCUT2D eigenvalue weighted by Gasteiger charge is 2.09. The van der Waals surface area contributed by atoms with Crippen LogP contribution in [-0.2, 0) is 0 Å². The van der Waals surface area contributed by atoms with Gasteiger partial charge in [0.15, 0.2) is 0 Å². The second-order valence-electron chi connectivity index (χ2n) is 4.93. The van der Waals surface area contributed by atoms with Gasteiger partial charge in [0, 0.05) is 24.5 Å². The lowest BCUT2D eigenvalue weighted by molar-refractivity contribution is 0.244. The summed E-state index contributed by atoms with van der Waals surface area (Å²) < 4.78 is 19.0. The van der Waals surface area contributed by atoms with Crippen molar-refractivity contribution >= 4 is 17.1 Å². The van der Waals surface area contributed by atoms with Crippen LogP contribution in [0.3, 0.4) is 0 Å². The van der Waals surface area contributed by atoms with Crippen LogP contribution in [0.2, 0.25) is 0 Å².